The van der Waals surface area contributed by atoms with Crippen molar-refractivity contribution in [1.29, 1.82) is 0 Å². The van der Waals surface area contributed by atoms with E-state index in [1.807, 2.05) is 0 Å². The molecule has 0 atom stereocenters. The molecule has 0 bridgehead atoms. The molecule has 0 aliphatic rings. The lowest BCUT2D eigenvalue weighted by Crippen LogP contribution is -2.26. The monoisotopic (exact) mass is 330 g/mol. The summed E-state index contributed by atoms with van der Waals surface area (Å²) in [5.74, 6) is -0.610. The number of thiophene rings is 1. The van der Waals surface area contributed by atoms with Crippen LogP contribution in [0.25, 0.3) is 0 Å². The Kier molecular flexibility index (Phi) is 4.70. The highest BCUT2D eigenvalue weighted by Crippen LogP contribution is 2.21. The van der Waals surface area contributed by atoms with Gasteiger partial charge < -0.3 is 5.11 Å². The third-order valence-corrected chi connectivity index (χ3v) is 5.16. The zero-order valence-corrected chi connectivity index (χ0v) is 12.8. The molecule has 0 radical (unpaired) electrons. The fourth-order valence-corrected chi connectivity index (χ4v) is 4.03. The lowest BCUT2D eigenvalue weighted by atomic mass is 10.3. The molecule has 114 valence electrons. The van der Waals surface area contributed by atoms with E-state index >= 15 is 0 Å². The lowest BCUT2D eigenvalue weighted by Gasteiger charge is -2.05. The Morgan fingerprint density at radius 3 is 2.90 bits per heavy atom. The van der Waals surface area contributed by atoms with Crippen molar-refractivity contribution in [2.24, 2.45) is 7.05 Å². The highest BCUT2D eigenvalue weighted by atomic mass is 32.2. The molecular weight excluding hydrogens is 316 g/mol. The highest BCUT2D eigenvalue weighted by molar-refractivity contribution is 7.89. The minimum atomic E-state index is -3.81. The van der Waals surface area contributed by atoms with Crippen LogP contribution in [0.4, 0.5) is 0 Å². The summed E-state index contributed by atoms with van der Waals surface area (Å²) in [4.78, 5) is 14.6. The van der Waals surface area contributed by atoms with Gasteiger partial charge in [-0.2, -0.15) is 5.10 Å². The first-order valence-electron chi connectivity index (χ1n) is 6.05. The second kappa shape index (κ2) is 6.33. The Morgan fingerprint density at radius 2 is 2.29 bits per heavy atom. The van der Waals surface area contributed by atoms with Crippen LogP contribution in [-0.4, -0.2) is 40.8 Å². The van der Waals surface area contributed by atoms with E-state index in [1.165, 1.54) is 11.4 Å². The number of aromatic carboxylic acids is 1. The van der Waals surface area contributed by atoms with Gasteiger partial charge in [0, 0.05) is 20.0 Å². The fourth-order valence-electron chi connectivity index (χ4n) is 1.69. The molecule has 0 fully saturated rings. The molecule has 10 heteroatoms. The maximum Gasteiger partial charge on any atom is 0.347 e. The molecule has 0 unspecified atom stereocenters. The van der Waals surface area contributed by atoms with E-state index in [2.05, 4.69) is 14.8 Å². The van der Waals surface area contributed by atoms with Crippen LogP contribution < -0.4 is 4.72 Å². The highest BCUT2D eigenvalue weighted by Gasteiger charge is 2.23. The Balaban J connectivity index is 1.92. The smallest absolute Gasteiger partial charge is 0.347 e. The normalized spacial score (nSPS) is 11.7. The van der Waals surface area contributed by atoms with Gasteiger partial charge in [0.05, 0.1) is 0 Å². The molecule has 2 aromatic rings. The number of hydrogen-bond donors (Lipinski definition) is 2. The van der Waals surface area contributed by atoms with E-state index in [-0.39, 0.29) is 16.3 Å². The van der Waals surface area contributed by atoms with Crippen molar-refractivity contribution in [2.45, 2.75) is 17.7 Å². The number of aromatic nitrogens is 3. The van der Waals surface area contributed by atoms with Crippen molar-refractivity contribution in [3.8, 4) is 0 Å². The maximum absolute atomic E-state index is 12.0. The average molecular weight is 330 g/mol. The van der Waals surface area contributed by atoms with E-state index in [9.17, 15) is 13.2 Å². The first-order chi connectivity index (χ1) is 9.90. The molecule has 21 heavy (non-hydrogen) atoms. The van der Waals surface area contributed by atoms with Crippen LogP contribution >= 0.6 is 11.3 Å². The number of sulfonamides is 1. The number of hydrogen-bond acceptors (Lipinski definition) is 6. The molecule has 0 saturated heterocycles. The molecule has 2 aromatic heterocycles. The summed E-state index contributed by atoms with van der Waals surface area (Å²) < 4.78 is 28.0. The molecule has 0 aliphatic heterocycles. The van der Waals surface area contributed by atoms with E-state index in [4.69, 9.17) is 5.11 Å². The molecule has 0 amide bonds. The van der Waals surface area contributed by atoms with Gasteiger partial charge in [0.15, 0.2) is 5.82 Å². The fraction of sp³-hybridized carbons (Fsp3) is 0.364. The van der Waals surface area contributed by atoms with Crippen molar-refractivity contribution in [3.63, 3.8) is 0 Å². The molecular formula is C11H14N4O4S2. The van der Waals surface area contributed by atoms with Gasteiger partial charge >= 0.3 is 5.97 Å². The molecule has 0 aliphatic carbocycles. The van der Waals surface area contributed by atoms with Crippen LogP contribution in [0.2, 0.25) is 0 Å². The van der Waals surface area contributed by atoms with E-state index in [0.717, 1.165) is 11.3 Å². The molecule has 0 saturated carbocycles. The number of rotatable bonds is 7. The summed E-state index contributed by atoms with van der Waals surface area (Å²) in [6.07, 6.45) is 2.64. The second-order valence-electron chi connectivity index (χ2n) is 4.25. The summed E-state index contributed by atoms with van der Waals surface area (Å²) in [6, 6.07) is 1.29. The third kappa shape index (κ3) is 3.86. The first kappa shape index (κ1) is 15.6. The summed E-state index contributed by atoms with van der Waals surface area (Å²) in [6.45, 7) is 0.190. The van der Waals surface area contributed by atoms with Gasteiger partial charge in [-0.1, -0.05) is 0 Å². The summed E-state index contributed by atoms with van der Waals surface area (Å²) in [5.41, 5.74) is 0. The molecule has 0 spiro atoms. The summed E-state index contributed by atoms with van der Waals surface area (Å²) in [7, 11) is -2.06. The predicted octanol–water partition coefficient (Wildman–Crippen LogP) is 0.486. The molecule has 0 aromatic carbocycles. The van der Waals surface area contributed by atoms with Crippen LogP contribution in [0, 0.1) is 0 Å². The quantitative estimate of drug-likeness (QED) is 0.714. The van der Waals surface area contributed by atoms with Crippen LogP contribution in [-0.2, 0) is 23.5 Å². The number of carbonyl (C=O) groups is 1. The Bertz CT molecular complexity index is 735. The van der Waals surface area contributed by atoms with Crippen molar-refractivity contribution < 1.29 is 18.3 Å². The zero-order valence-electron chi connectivity index (χ0n) is 11.2. The predicted molar refractivity (Wildman–Crippen MR) is 75.8 cm³/mol. The van der Waals surface area contributed by atoms with Crippen molar-refractivity contribution in [3.05, 3.63) is 28.5 Å². The van der Waals surface area contributed by atoms with Crippen LogP contribution in [0.1, 0.15) is 21.9 Å². The van der Waals surface area contributed by atoms with Crippen LogP contribution in [0.5, 0.6) is 0 Å². The van der Waals surface area contributed by atoms with Crippen LogP contribution in [0.15, 0.2) is 22.7 Å². The van der Waals surface area contributed by atoms with E-state index < -0.39 is 16.0 Å². The molecule has 8 nitrogen and oxygen atoms in total. The van der Waals surface area contributed by atoms with Gasteiger partial charge in [0.1, 0.15) is 16.1 Å². The van der Waals surface area contributed by atoms with E-state index in [0.29, 0.717) is 18.7 Å². The minimum absolute atomic E-state index is 0.186. The topological polar surface area (TPSA) is 114 Å². The minimum Gasteiger partial charge on any atom is -0.477 e. The molecule has 2 heterocycles. The molecule has 2 rings (SSSR count). The Hall–Kier alpha value is -1.78. The SMILES string of the molecule is Cn1cnc(CCCNS(=O)(=O)c2ccsc2C(=O)O)n1. The van der Waals surface area contributed by atoms with E-state index in [1.54, 1.807) is 18.1 Å². The van der Waals surface area contributed by atoms with Gasteiger partial charge in [0.2, 0.25) is 10.0 Å². The van der Waals surface area contributed by atoms with Gasteiger partial charge in [0.25, 0.3) is 0 Å². The maximum atomic E-state index is 12.0. The number of aryl methyl sites for hydroxylation is 2. The van der Waals surface area contributed by atoms with Crippen molar-refractivity contribution in [1.82, 2.24) is 19.5 Å². The largest absolute Gasteiger partial charge is 0.477 e. The average Bonchev–Trinajstić information content (AvgIpc) is 3.03. The van der Waals surface area contributed by atoms with Gasteiger partial charge in [-0.3, -0.25) is 4.68 Å². The number of carboxylic acids is 1. The van der Waals surface area contributed by atoms with Gasteiger partial charge in [-0.15, -0.1) is 11.3 Å². The summed E-state index contributed by atoms with van der Waals surface area (Å²) >= 11 is 0.882. The number of carboxylic acid groups (broad SMARTS) is 1. The summed E-state index contributed by atoms with van der Waals surface area (Å²) in [5, 5.41) is 14.5. The number of nitrogens with one attached hydrogen (secondary N) is 1. The lowest BCUT2D eigenvalue weighted by molar-refractivity contribution is 0.0698. The molecule has 2 N–H and O–H groups in total. The first-order valence-corrected chi connectivity index (χ1v) is 8.41. The Morgan fingerprint density at radius 1 is 1.52 bits per heavy atom. The van der Waals surface area contributed by atoms with Crippen molar-refractivity contribution in [2.75, 3.05) is 6.54 Å². The standard InChI is InChI=1S/C11H14N4O4S2/c1-15-7-12-9(14-15)3-2-5-13-21(18,19)8-4-6-20-10(8)11(16)17/h4,6-7,13H,2-3,5H2,1H3,(H,16,17). The zero-order chi connectivity index (χ0) is 15.5. The van der Waals surface area contributed by atoms with Gasteiger partial charge in [-0.05, 0) is 17.9 Å². The number of nitrogens with zero attached hydrogens (tertiary/aromatic N) is 3. The Labute approximate surface area is 125 Å². The van der Waals surface area contributed by atoms with Crippen LogP contribution in [0.3, 0.4) is 0 Å². The second-order valence-corrected chi connectivity index (χ2v) is 6.91. The van der Waals surface area contributed by atoms with Crippen molar-refractivity contribution >= 4 is 27.3 Å². The van der Waals surface area contributed by atoms with Gasteiger partial charge in [-0.25, -0.2) is 22.9 Å². The third-order valence-electron chi connectivity index (χ3n) is 2.63.